The Bertz CT molecular complexity index is 457. The first-order valence-corrected chi connectivity index (χ1v) is 5.52. The lowest BCUT2D eigenvalue weighted by molar-refractivity contribution is -0.166. The Kier molecular flexibility index (Phi) is 4.61. The normalized spacial score (nSPS) is 11.7. The van der Waals surface area contributed by atoms with E-state index in [4.69, 9.17) is 0 Å². The highest BCUT2D eigenvalue weighted by Crippen LogP contribution is 2.26. The molecule has 0 amide bonds. The molecule has 18 heavy (non-hydrogen) atoms. The summed E-state index contributed by atoms with van der Waals surface area (Å²) in [5, 5.41) is 0. The Hall–Kier alpha value is -1.24. The van der Waals surface area contributed by atoms with Gasteiger partial charge in [0.25, 0.3) is 0 Å². The van der Waals surface area contributed by atoms with Gasteiger partial charge in [-0.05, 0) is 12.1 Å². The largest absolute Gasteiger partial charge is 0.364 e. The van der Waals surface area contributed by atoms with Crippen LogP contribution in [0.25, 0.3) is 0 Å². The Labute approximate surface area is 108 Å². The van der Waals surface area contributed by atoms with Crippen LogP contribution in [0.1, 0.15) is 16.8 Å². The number of alkyl halides is 4. The molecular weight excluding hydrogens is 320 g/mol. The van der Waals surface area contributed by atoms with Gasteiger partial charge in [-0.25, -0.2) is 8.78 Å². The standard InChI is InChI=1S/C11H7BrF4O2/c12-7-3-1-6(2-4-7)8(17)5-9(18)11(15,16)10(13)14/h1-4,10H,5H2. The summed E-state index contributed by atoms with van der Waals surface area (Å²) >= 11 is 3.10. The van der Waals surface area contributed by atoms with Gasteiger partial charge in [-0.2, -0.15) is 8.78 Å². The molecule has 0 heterocycles. The molecule has 0 saturated carbocycles. The molecular formula is C11H7BrF4O2. The van der Waals surface area contributed by atoms with E-state index in [0.29, 0.717) is 4.47 Å². The van der Waals surface area contributed by atoms with Gasteiger partial charge in [0.15, 0.2) is 5.78 Å². The monoisotopic (exact) mass is 326 g/mol. The van der Waals surface area contributed by atoms with Gasteiger partial charge < -0.3 is 0 Å². The van der Waals surface area contributed by atoms with E-state index in [2.05, 4.69) is 15.9 Å². The van der Waals surface area contributed by atoms with Crippen molar-refractivity contribution in [3.8, 4) is 0 Å². The van der Waals surface area contributed by atoms with Gasteiger partial charge in [-0.3, -0.25) is 9.59 Å². The molecule has 0 saturated heterocycles. The van der Waals surface area contributed by atoms with Crippen molar-refractivity contribution in [1.82, 2.24) is 0 Å². The zero-order chi connectivity index (χ0) is 13.9. The second kappa shape index (κ2) is 5.60. The number of hydrogen-bond donors (Lipinski definition) is 0. The quantitative estimate of drug-likeness (QED) is 0.471. The Morgan fingerprint density at radius 1 is 1.17 bits per heavy atom. The van der Waals surface area contributed by atoms with E-state index in [-0.39, 0.29) is 5.56 Å². The summed E-state index contributed by atoms with van der Waals surface area (Å²) in [6.07, 6.45) is -5.36. The van der Waals surface area contributed by atoms with Gasteiger partial charge in [0.05, 0.1) is 6.42 Å². The predicted molar refractivity (Wildman–Crippen MR) is 59.0 cm³/mol. The Balaban J connectivity index is 2.77. The maximum Gasteiger partial charge on any atom is 0.364 e. The van der Waals surface area contributed by atoms with Crippen LogP contribution >= 0.6 is 15.9 Å². The lowest BCUT2D eigenvalue weighted by Crippen LogP contribution is -2.37. The van der Waals surface area contributed by atoms with Crippen molar-refractivity contribution in [2.24, 2.45) is 0 Å². The molecule has 98 valence electrons. The molecule has 0 atom stereocenters. The van der Waals surface area contributed by atoms with E-state index in [1.54, 1.807) is 0 Å². The Morgan fingerprint density at radius 2 is 1.67 bits per heavy atom. The summed E-state index contributed by atoms with van der Waals surface area (Å²) in [4.78, 5) is 22.3. The van der Waals surface area contributed by atoms with Crippen molar-refractivity contribution >= 4 is 27.5 Å². The summed E-state index contributed by atoms with van der Waals surface area (Å²) < 4.78 is 49.7. The number of rotatable bonds is 5. The van der Waals surface area contributed by atoms with Crippen molar-refractivity contribution < 1.29 is 27.2 Å². The number of halogens is 5. The molecule has 0 radical (unpaired) electrons. The van der Waals surface area contributed by atoms with Crippen LogP contribution in [-0.4, -0.2) is 23.9 Å². The Morgan fingerprint density at radius 3 is 2.11 bits per heavy atom. The lowest BCUT2D eigenvalue weighted by atomic mass is 10.0. The third-order valence-corrected chi connectivity index (χ3v) is 2.66. The maximum atomic E-state index is 12.6. The zero-order valence-corrected chi connectivity index (χ0v) is 10.4. The van der Waals surface area contributed by atoms with Gasteiger partial charge in [-0.1, -0.05) is 28.1 Å². The highest BCUT2D eigenvalue weighted by Gasteiger charge is 2.48. The molecule has 0 spiro atoms. The minimum Gasteiger partial charge on any atom is -0.294 e. The molecule has 0 N–H and O–H groups in total. The van der Waals surface area contributed by atoms with E-state index in [1.807, 2.05) is 0 Å². The van der Waals surface area contributed by atoms with Crippen molar-refractivity contribution in [2.75, 3.05) is 0 Å². The highest BCUT2D eigenvalue weighted by molar-refractivity contribution is 9.10. The van der Waals surface area contributed by atoms with Crippen molar-refractivity contribution in [2.45, 2.75) is 18.8 Å². The molecule has 1 aromatic rings. The van der Waals surface area contributed by atoms with Crippen molar-refractivity contribution in [1.29, 1.82) is 0 Å². The summed E-state index contributed by atoms with van der Waals surface area (Å²) in [7, 11) is 0. The topological polar surface area (TPSA) is 34.1 Å². The first-order chi connectivity index (χ1) is 8.25. The molecule has 0 aliphatic rings. The molecule has 1 aromatic carbocycles. The summed E-state index contributed by atoms with van der Waals surface area (Å²) in [5.74, 6) is -7.79. The molecule has 1 rings (SSSR count). The van der Waals surface area contributed by atoms with E-state index in [1.165, 1.54) is 24.3 Å². The van der Waals surface area contributed by atoms with Gasteiger partial charge in [0.1, 0.15) is 0 Å². The van der Waals surface area contributed by atoms with Crippen LogP contribution < -0.4 is 0 Å². The molecule has 0 aliphatic heterocycles. The average molecular weight is 327 g/mol. The van der Waals surface area contributed by atoms with E-state index in [9.17, 15) is 27.2 Å². The fourth-order valence-corrected chi connectivity index (χ4v) is 1.39. The number of benzene rings is 1. The second-order valence-corrected chi connectivity index (χ2v) is 4.37. The molecule has 0 aliphatic carbocycles. The summed E-state index contributed by atoms with van der Waals surface area (Å²) in [5.41, 5.74) is 0.0108. The molecule has 0 bridgehead atoms. The minimum absolute atomic E-state index is 0.0108. The predicted octanol–water partition coefficient (Wildman–Crippen LogP) is 3.49. The number of hydrogen-bond acceptors (Lipinski definition) is 2. The first-order valence-electron chi connectivity index (χ1n) is 4.73. The van der Waals surface area contributed by atoms with Crippen LogP contribution in [0.3, 0.4) is 0 Å². The van der Waals surface area contributed by atoms with Crippen molar-refractivity contribution in [3.05, 3.63) is 34.3 Å². The summed E-state index contributed by atoms with van der Waals surface area (Å²) in [6, 6.07) is 5.56. The van der Waals surface area contributed by atoms with Gasteiger partial charge in [0, 0.05) is 10.0 Å². The number of Topliss-reactive ketones (excluding diaryl/α,β-unsaturated/α-hetero) is 2. The molecule has 2 nitrogen and oxygen atoms in total. The average Bonchev–Trinajstić information content (AvgIpc) is 2.29. The zero-order valence-electron chi connectivity index (χ0n) is 8.80. The van der Waals surface area contributed by atoms with Crippen LogP contribution in [0, 0.1) is 0 Å². The molecule has 0 fully saturated rings. The van der Waals surface area contributed by atoms with Crippen LogP contribution in [0.4, 0.5) is 17.6 Å². The third-order valence-electron chi connectivity index (χ3n) is 2.13. The van der Waals surface area contributed by atoms with Gasteiger partial charge >= 0.3 is 12.3 Å². The second-order valence-electron chi connectivity index (χ2n) is 3.45. The van der Waals surface area contributed by atoms with Crippen LogP contribution in [0.5, 0.6) is 0 Å². The van der Waals surface area contributed by atoms with Crippen LogP contribution in [-0.2, 0) is 4.79 Å². The number of carbonyl (C=O) groups is 2. The van der Waals surface area contributed by atoms with E-state index in [0.717, 1.165) is 0 Å². The minimum atomic E-state index is -4.79. The molecule has 7 heteroatoms. The highest BCUT2D eigenvalue weighted by atomic mass is 79.9. The first kappa shape index (κ1) is 14.8. The third kappa shape index (κ3) is 3.38. The van der Waals surface area contributed by atoms with Crippen LogP contribution in [0.15, 0.2) is 28.7 Å². The number of ketones is 2. The smallest absolute Gasteiger partial charge is 0.294 e. The molecule has 0 unspecified atom stereocenters. The SMILES string of the molecule is O=C(CC(=O)C(F)(F)C(F)F)c1ccc(Br)cc1. The number of carbonyl (C=O) groups excluding carboxylic acids is 2. The fraction of sp³-hybridized carbons (Fsp3) is 0.273. The summed E-state index contributed by atoms with van der Waals surface area (Å²) in [6.45, 7) is 0. The molecule has 0 aromatic heterocycles. The van der Waals surface area contributed by atoms with Gasteiger partial charge in [-0.15, -0.1) is 0 Å². The fourth-order valence-electron chi connectivity index (χ4n) is 1.12. The maximum absolute atomic E-state index is 12.6. The van der Waals surface area contributed by atoms with Crippen molar-refractivity contribution in [3.63, 3.8) is 0 Å². The van der Waals surface area contributed by atoms with E-state index < -0.39 is 30.3 Å². The lowest BCUT2D eigenvalue weighted by Gasteiger charge is -2.12. The van der Waals surface area contributed by atoms with Crippen LogP contribution in [0.2, 0.25) is 0 Å². The van der Waals surface area contributed by atoms with Gasteiger partial charge in [0.2, 0.25) is 5.78 Å². The van der Waals surface area contributed by atoms with E-state index >= 15 is 0 Å².